The number of nitrogens with zero attached hydrogens (tertiary/aromatic N) is 1. The summed E-state index contributed by atoms with van der Waals surface area (Å²) in [5.74, 6) is -0.241. The van der Waals surface area contributed by atoms with Gasteiger partial charge in [0.05, 0.1) is 18.1 Å². The van der Waals surface area contributed by atoms with Crippen molar-refractivity contribution < 1.29 is 19.1 Å². The zero-order valence-electron chi connectivity index (χ0n) is 22.1. The van der Waals surface area contributed by atoms with E-state index < -0.39 is 10.8 Å². The Kier molecular flexibility index (Phi) is 5.18. The molecule has 7 atom stereocenters. The van der Waals surface area contributed by atoms with Gasteiger partial charge in [-0.1, -0.05) is 46.3 Å². The SMILES string of the molecule is COC(=O)C12CCC(C)(C)CC1C1C(=O)C=C3C4(C)C=C(C#N)C(=O)CC4CCC3(C)C1(C)CC2. The van der Waals surface area contributed by atoms with E-state index in [9.17, 15) is 19.6 Å². The number of ketones is 2. The molecular formula is C30H39NO4. The highest BCUT2D eigenvalue weighted by atomic mass is 16.5. The van der Waals surface area contributed by atoms with Crippen LogP contribution in [-0.2, 0) is 19.1 Å². The van der Waals surface area contributed by atoms with Crippen LogP contribution >= 0.6 is 0 Å². The van der Waals surface area contributed by atoms with Crippen LogP contribution < -0.4 is 0 Å². The van der Waals surface area contributed by atoms with Crippen molar-refractivity contribution in [2.75, 3.05) is 7.11 Å². The van der Waals surface area contributed by atoms with E-state index >= 15 is 0 Å². The number of allylic oxidation sites excluding steroid dienone is 4. The molecule has 5 aliphatic rings. The standard InChI is InChI=1S/C30H39NO4/c1-26(2)9-11-30(25(34)35-6)12-10-29(5)24(20(30)16-26)22(33)14-23-27(3)15-18(17-31)21(32)13-19(27)7-8-28(23,29)4/h14-15,19-20,24H,7-13,16H2,1-6H3. The first kappa shape index (κ1) is 24.5. The minimum atomic E-state index is -0.585. The van der Waals surface area contributed by atoms with E-state index in [4.69, 9.17) is 4.74 Å². The Balaban J connectivity index is 1.68. The molecule has 3 fully saturated rings. The number of hydrogen-bond acceptors (Lipinski definition) is 5. The molecule has 188 valence electrons. The third kappa shape index (κ3) is 3.01. The van der Waals surface area contributed by atoms with Crippen molar-refractivity contribution in [3.63, 3.8) is 0 Å². The van der Waals surface area contributed by atoms with Gasteiger partial charge in [-0.05, 0) is 79.1 Å². The molecule has 0 saturated heterocycles. The molecule has 5 heteroatoms. The summed E-state index contributed by atoms with van der Waals surface area (Å²) in [4.78, 5) is 40.0. The van der Waals surface area contributed by atoms with Crippen LogP contribution in [0, 0.1) is 56.2 Å². The number of carbonyl (C=O) groups excluding carboxylic acids is 3. The maximum atomic E-state index is 14.2. The van der Waals surface area contributed by atoms with Crippen LogP contribution in [-0.4, -0.2) is 24.6 Å². The third-order valence-corrected chi connectivity index (χ3v) is 11.7. The molecule has 0 aliphatic heterocycles. The van der Waals surface area contributed by atoms with Crippen LogP contribution in [0.15, 0.2) is 23.3 Å². The first-order chi connectivity index (χ1) is 16.3. The monoisotopic (exact) mass is 477 g/mol. The summed E-state index contributed by atoms with van der Waals surface area (Å²) < 4.78 is 5.38. The summed E-state index contributed by atoms with van der Waals surface area (Å²) in [6, 6.07) is 2.12. The maximum absolute atomic E-state index is 14.2. The molecule has 0 N–H and O–H groups in total. The predicted molar refractivity (Wildman–Crippen MR) is 132 cm³/mol. The molecule has 0 bridgehead atoms. The highest BCUT2D eigenvalue weighted by molar-refractivity contribution is 6.01. The quantitative estimate of drug-likeness (QED) is 0.450. The molecule has 0 heterocycles. The van der Waals surface area contributed by atoms with Crippen molar-refractivity contribution in [2.45, 2.75) is 86.0 Å². The van der Waals surface area contributed by atoms with Gasteiger partial charge in [0, 0.05) is 17.8 Å². The summed E-state index contributed by atoms with van der Waals surface area (Å²) in [6.45, 7) is 11.3. The summed E-state index contributed by atoms with van der Waals surface area (Å²) in [6.07, 6.45) is 10.1. The van der Waals surface area contributed by atoms with Crippen LogP contribution in [0.2, 0.25) is 0 Å². The fourth-order valence-electron chi connectivity index (χ4n) is 9.33. The van der Waals surface area contributed by atoms with Crippen LogP contribution in [0.4, 0.5) is 0 Å². The molecule has 3 saturated carbocycles. The number of ether oxygens (including phenoxy) is 1. The van der Waals surface area contributed by atoms with Crippen molar-refractivity contribution in [1.29, 1.82) is 5.26 Å². The van der Waals surface area contributed by atoms with E-state index in [2.05, 4.69) is 40.7 Å². The van der Waals surface area contributed by atoms with E-state index in [1.165, 1.54) is 7.11 Å². The number of carbonyl (C=O) groups is 3. The Morgan fingerprint density at radius 3 is 2.40 bits per heavy atom. The molecule has 0 aromatic carbocycles. The smallest absolute Gasteiger partial charge is 0.312 e. The summed E-state index contributed by atoms with van der Waals surface area (Å²) in [5.41, 5.74) is -0.181. The zero-order valence-corrected chi connectivity index (χ0v) is 22.1. The number of esters is 1. The van der Waals surface area contributed by atoms with Crippen molar-refractivity contribution in [2.24, 2.45) is 44.8 Å². The van der Waals surface area contributed by atoms with E-state index in [-0.39, 0.29) is 57.1 Å². The molecule has 5 aliphatic carbocycles. The second-order valence-electron chi connectivity index (χ2n) is 13.6. The molecule has 5 nitrogen and oxygen atoms in total. The normalized spacial score (nSPS) is 46.0. The average Bonchev–Trinajstić information content (AvgIpc) is 2.80. The highest BCUT2D eigenvalue weighted by Gasteiger charge is 2.70. The Morgan fingerprint density at radius 1 is 1.06 bits per heavy atom. The number of rotatable bonds is 1. The number of fused-ring (bicyclic) bond motifs is 7. The lowest BCUT2D eigenvalue weighted by molar-refractivity contribution is -0.190. The molecule has 35 heavy (non-hydrogen) atoms. The summed E-state index contributed by atoms with van der Waals surface area (Å²) >= 11 is 0. The van der Waals surface area contributed by atoms with Gasteiger partial charge in [0.1, 0.15) is 6.07 Å². The van der Waals surface area contributed by atoms with Gasteiger partial charge in [-0.25, -0.2) is 0 Å². The molecule has 7 unspecified atom stereocenters. The zero-order chi connectivity index (χ0) is 25.6. The van der Waals surface area contributed by atoms with E-state index in [1.807, 2.05) is 12.2 Å². The van der Waals surface area contributed by atoms with Gasteiger partial charge in [-0.2, -0.15) is 5.26 Å². The Morgan fingerprint density at radius 2 is 1.74 bits per heavy atom. The molecular weight excluding hydrogens is 438 g/mol. The minimum Gasteiger partial charge on any atom is -0.469 e. The Labute approximate surface area is 209 Å². The summed E-state index contributed by atoms with van der Waals surface area (Å²) in [7, 11) is 1.48. The lowest BCUT2D eigenvalue weighted by Crippen LogP contribution is -2.65. The highest BCUT2D eigenvalue weighted by Crippen LogP contribution is 2.73. The Bertz CT molecular complexity index is 1120. The number of hydrogen-bond donors (Lipinski definition) is 0. The third-order valence-electron chi connectivity index (χ3n) is 11.7. The molecule has 5 rings (SSSR count). The molecule has 0 amide bonds. The van der Waals surface area contributed by atoms with Gasteiger partial charge in [-0.15, -0.1) is 0 Å². The largest absolute Gasteiger partial charge is 0.469 e. The van der Waals surface area contributed by atoms with E-state index in [0.29, 0.717) is 6.42 Å². The first-order valence-corrected chi connectivity index (χ1v) is 13.3. The number of Topliss-reactive ketones (excluding diaryl/α,β-unsaturated/α-hetero) is 1. The molecule has 0 aromatic heterocycles. The van der Waals surface area contributed by atoms with Crippen molar-refractivity contribution >= 4 is 17.5 Å². The van der Waals surface area contributed by atoms with Crippen LogP contribution in [0.3, 0.4) is 0 Å². The van der Waals surface area contributed by atoms with Gasteiger partial charge in [0.2, 0.25) is 0 Å². The fraction of sp³-hybridized carbons (Fsp3) is 0.733. The van der Waals surface area contributed by atoms with E-state index in [1.54, 1.807) is 0 Å². The van der Waals surface area contributed by atoms with Gasteiger partial charge in [-0.3, -0.25) is 14.4 Å². The van der Waals surface area contributed by atoms with E-state index in [0.717, 1.165) is 50.5 Å². The lowest BCUT2D eigenvalue weighted by Gasteiger charge is -2.67. The molecule has 0 radical (unpaired) electrons. The fourth-order valence-corrected chi connectivity index (χ4v) is 9.33. The lowest BCUT2D eigenvalue weighted by atomic mass is 9.35. The Hall–Kier alpha value is -2.22. The molecule has 0 aromatic rings. The minimum absolute atomic E-state index is 0.0387. The van der Waals surface area contributed by atoms with Gasteiger partial charge in [0.25, 0.3) is 0 Å². The second-order valence-corrected chi connectivity index (χ2v) is 13.6. The second kappa shape index (κ2) is 7.40. The van der Waals surface area contributed by atoms with Crippen LogP contribution in [0.5, 0.6) is 0 Å². The molecule has 0 spiro atoms. The van der Waals surface area contributed by atoms with Crippen LogP contribution in [0.1, 0.15) is 86.0 Å². The van der Waals surface area contributed by atoms with Crippen molar-refractivity contribution in [3.8, 4) is 6.07 Å². The topological polar surface area (TPSA) is 84.2 Å². The first-order valence-electron chi connectivity index (χ1n) is 13.3. The van der Waals surface area contributed by atoms with Crippen molar-refractivity contribution in [3.05, 3.63) is 23.3 Å². The van der Waals surface area contributed by atoms with Gasteiger partial charge < -0.3 is 4.74 Å². The van der Waals surface area contributed by atoms with Gasteiger partial charge >= 0.3 is 5.97 Å². The van der Waals surface area contributed by atoms with Crippen molar-refractivity contribution in [1.82, 2.24) is 0 Å². The van der Waals surface area contributed by atoms with Gasteiger partial charge in [0.15, 0.2) is 11.6 Å². The summed E-state index contributed by atoms with van der Waals surface area (Å²) in [5, 5.41) is 9.63. The number of methoxy groups -OCH3 is 1. The average molecular weight is 478 g/mol. The maximum Gasteiger partial charge on any atom is 0.312 e. The number of nitriles is 1. The van der Waals surface area contributed by atoms with Crippen LogP contribution in [0.25, 0.3) is 0 Å². The predicted octanol–water partition coefficient (Wildman–Crippen LogP) is 5.74.